The summed E-state index contributed by atoms with van der Waals surface area (Å²) in [5.41, 5.74) is 6.58. The fraction of sp³-hybridized carbons (Fsp3) is 0.667. The first-order chi connectivity index (χ1) is 19.4. The third-order valence-corrected chi connectivity index (χ3v) is 6.04. The van der Waals surface area contributed by atoms with Gasteiger partial charge in [-0.05, 0) is 64.2 Å². The highest BCUT2D eigenvalue weighted by atomic mass is 16.7. The molecule has 0 aromatic heterocycles. The summed E-state index contributed by atoms with van der Waals surface area (Å²) < 4.78 is 31.7. The van der Waals surface area contributed by atoms with Crippen molar-refractivity contribution in [2.24, 2.45) is 11.7 Å². The second-order valence-corrected chi connectivity index (χ2v) is 10.3. The summed E-state index contributed by atoms with van der Waals surface area (Å²) in [6.07, 6.45) is 1.19. The predicted octanol–water partition coefficient (Wildman–Crippen LogP) is 5.88. The number of esters is 2. The third kappa shape index (κ3) is 14.2. The maximum absolute atomic E-state index is 12.6. The molecule has 3 unspecified atom stereocenters. The lowest BCUT2D eigenvalue weighted by Crippen LogP contribution is -2.37. The topological polar surface area (TPSA) is 150 Å². The molecule has 1 aromatic carbocycles. The van der Waals surface area contributed by atoms with Gasteiger partial charge in [-0.1, -0.05) is 53.0 Å². The van der Waals surface area contributed by atoms with E-state index in [4.69, 9.17) is 34.2 Å². The van der Waals surface area contributed by atoms with E-state index in [2.05, 4.69) is 0 Å². The molecule has 0 aliphatic heterocycles. The van der Waals surface area contributed by atoms with E-state index in [9.17, 15) is 19.2 Å². The Labute approximate surface area is 243 Å². The highest BCUT2D eigenvalue weighted by Gasteiger charge is 2.23. The quantitative estimate of drug-likeness (QED) is 0.133. The van der Waals surface area contributed by atoms with Crippen LogP contribution in [0.5, 0.6) is 11.5 Å². The largest absolute Gasteiger partial charge is 0.514 e. The molecule has 0 spiro atoms. The molecule has 1 aromatic rings. The average molecular weight is 582 g/mol. The standard InChI is InChI=1S/C30H47NO10/c1-8-11-19(4)27(32)36-18-22(7)37-28(33)24(31)16-23-14-15-25(40-29(34)38-20(5)12-9-2)26(17-23)41-30(35)39-21(6)13-10-3/h14-15,17,19-22,24H,8-13,16,18,31H2,1-7H3/t19?,20?,21?,22-,24-/m0/s1. The van der Waals surface area contributed by atoms with Gasteiger partial charge in [-0.3, -0.25) is 9.59 Å². The van der Waals surface area contributed by atoms with Crippen LogP contribution in [0.3, 0.4) is 0 Å². The molecule has 0 saturated carbocycles. The second-order valence-electron chi connectivity index (χ2n) is 10.3. The third-order valence-electron chi connectivity index (χ3n) is 6.04. The molecule has 0 aliphatic carbocycles. The van der Waals surface area contributed by atoms with Crippen LogP contribution in [0, 0.1) is 5.92 Å². The van der Waals surface area contributed by atoms with Gasteiger partial charge in [0, 0.05) is 0 Å². The molecule has 0 aliphatic rings. The Bertz CT molecular complexity index is 982. The van der Waals surface area contributed by atoms with Gasteiger partial charge in [0.25, 0.3) is 0 Å². The van der Waals surface area contributed by atoms with Crippen molar-refractivity contribution in [2.45, 2.75) is 118 Å². The summed E-state index contributed by atoms with van der Waals surface area (Å²) in [5.74, 6) is -1.44. The van der Waals surface area contributed by atoms with Crippen molar-refractivity contribution in [3.8, 4) is 11.5 Å². The highest BCUT2D eigenvalue weighted by molar-refractivity contribution is 5.76. The van der Waals surface area contributed by atoms with E-state index in [0.717, 1.165) is 19.3 Å². The van der Waals surface area contributed by atoms with Crippen LogP contribution in [-0.2, 0) is 35.0 Å². The molecule has 232 valence electrons. The number of hydrogen-bond donors (Lipinski definition) is 1. The first-order valence-corrected chi connectivity index (χ1v) is 14.4. The minimum absolute atomic E-state index is 0.0226. The Balaban J connectivity index is 2.91. The first-order valence-electron chi connectivity index (χ1n) is 14.4. The van der Waals surface area contributed by atoms with Gasteiger partial charge in [0.2, 0.25) is 0 Å². The van der Waals surface area contributed by atoms with Gasteiger partial charge in [-0.15, -0.1) is 0 Å². The monoisotopic (exact) mass is 581 g/mol. The van der Waals surface area contributed by atoms with Crippen molar-refractivity contribution in [3.05, 3.63) is 23.8 Å². The fourth-order valence-electron chi connectivity index (χ4n) is 3.88. The molecular formula is C30H47NO10. The van der Waals surface area contributed by atoms with E-state index in [1.165, 1.54) is 12.1 Å². The second kappa shape index (κ2) is 18.9. The number of ether oxygens (including phenoxy) is 6. The molecule has 11 nitrogen and oxygen atoms in total. The van der Waals surface area contributed by atoms with Crippen molar-refractivity contribution in [3.63, 3.8) is 0 Å². The van der Waals surface area contributed by atoms with E-state index >= 15 is 0 Å². The number of nitrogens with two attached hydrogens (primary N) is 1. The summed E-state index contributed by atoms with van der Waals surface area (Å²) >= 11 is 0. The number of hydrogen-bond acceptors (Lipinski definition) is 11. The molecular weight excluding hydrogens is 534 g/mol. The zero-order valence-electron chi connectivity index (χ0n) is 25.4. The van der Waals surface area contributed by atoms with E-state index in [-0.39, 0.29) is 48.6 Å². The van der Waals surface area contributed by atoms with Crippen LogP contribution in [0.25, 0.3) is 0 Å². The molecule has 1 rings (SSSR count). The minimum atomic E-state index is -1.07. The van der Waals surface area contributed by atoms with Crippen molar-refractivity contribution in [1.82, 2.24) is 0 Å². The van der Waals surface area contributed by atoms with E-state index < -0.39 is 30.4 Å². The molecule has 11 heteroatoms. The maximum Gasteiger partial charge on any atom is 0.514 e. The molecule has 0 amide bonds. The summed E-state index contributed by atoms with van der Waals surface area (Å²) in [5, 5.41) is 0. The summed E-state index contributed by atoms with van der Waals surface area (Å²) in [6.45, 7) is 12.7. The van der Waals surface area contributed by atoms with E-state index in [0.29, 0.717) is 24.8 Å². The molecule has 0 bridgehead atoms. The Hall–Kier alpha value is -3.34. The van der Waals surface area contributed by atoms with Gasteiger partial charge in [-0.2, -0.15) is 0 Å². The van der Waals surface area contributed by atoms with Crippen molar-refractivity contribution >= 4 is 24.2 Å². The van der Waals surface area contributed by atoms with Crippen LogP contribution in [-0.4, -0.2) is 55.2 Å². The molecule has 0 heterocycles. The predicted molar refractivity (Wildman–Crippen MR) is 152 cm³/mol. The van der Waals surface area contributed by atoms with Gasteiger partial charge in [0.1, 0.15) is 31.0 Å². The number of carbonyl (C=O) groups excluding carboxylic acids is 4. The minimum Gasteiger partial charge on any atom is -0.462 e. The SMILES string of the molecule is CCCC(C)OC(=O)Oc1ccc(C[C@H](N)C(=O)O[C@@H](C)COC(=O)C(C)CCC)cc1OC(=O)OC(C)CCC. The van der Waals surface area contributed by atoms with Crippen LogP contribution in [0.4, 0.5) is 9.59 Å². The molecule has 5 atom stereocenters. The molecule has 0 radical (unpaired) electrons. The summed E-state index contributed by atoms with van der Waals surface area (Å²) in [4.78, 5) is 49.3. The zero-order valence-corrected chi connectivity index (χ0v) is 25.4. The Morgan fingerprint density at radius 3 is 1.78 bits per heavy atom. The van der Waals surface area contributed by atoms with Gasteiger partial charge in [-0.25, -0.2) is 9.59 Å². The highest BCUT2D eigenvalue weighted by Crippen LogP contribution is 2.30. The van der Waals surface area contributed by atoms with Crippen LogP contribution >= 0.6 is 0 Å². The maximum atomic E-state index is 12.6. The van der Waals surface area contributed by atoms with Gasteiger partial charge in [0.15, 0.2) is 11.5 Å². The zero-order chi connectivity index (χ0) is 30.9. The van der Waals surface area contributed by atoms with Crippen molar-refractivity contribution in [1.29, 1.82) is 0 Å². The van der Waals surface area contributed by atoms with Gasteiger partial charge >= 0.3 is 24.2 Å². The van der Waals surface area contributed by atoms with Crippen LogP contribution in [0.2, 0.25) is 0 Å². The van der Waals surface area contributed by atoms with Crippen molar-refractivity contribution in [2.75, 3.05) is 6.61 Å². The fourth-order valence-corrected chi connectivity index (χ4v) is 3.88. The molecule has 2 N–H and O–H groups in total. The lowest BCUT2D eigenvalue weighted by Gasteiger charge is -2.19. The van der Waals surface area contributed by atoms with Gasteiger partial charge in [0.05, 0.1) is 5.92 Å². The summed E-state index contributed by atoms with van der Waals surface area (Å²) in [6, 6.07) is 3.35. The normalized spacial score (nSPS) is 14.5. The van der Waals surface area contributed by atoms with E-state index in [1.807, 2.05) is 20.8 Å². The van der Waals surface area contributed by atoms with Crippen LogP contribution in [0.15, 0.2) is 18.2 Å². The molecule has 0 saturated heterocycles. The lowest BCUT2D eigenvalue weighted by atomic mass is 10.1. The smallest absolute Gasteiger partial charge is 0.462 e. The molecule has 41 heavy (non-hydrogen) atoms. The average Bonchev–Trinajstić information content (AvgIpc) is 2.88. The summed E-state index contributed by atoms with van der Waals surface area (Å²) in [7, 11) is 0. The Morgan fingerprint density at radius 1 is 0.707 bits per heavy atom. The van der Waals surface area contributed by atoms with E-state index in [1.54, 1.807) is 33.8 Å². The first kappa shape index (κ1) is 35.7. The number of benzene rings is 1. The van der Waals surface area contributed by atoms with Crippen molar-refractivity contribution < 1.29 is 47.6 Å². The molecule has 0 fully saturated rings. The van der Waals surface area contributed by atoms with Gasteiger partial charge < -0.3 is 34.2 Å². The number of carbonyl (C=O) groups is 4. The van der Waals surface area contributed by atoms with Crippen LogP contribution in [0.1, 0.15) is 92.6 Å². The Kier molecular flexibility index (Phi) is 16.5. The number of rotatable bonds is 17. The van der Waals surface area contributed by atoms with Crippen LogP contribution < -0.4 is 15.2 Å². The lowest BCUT2D eigenvalue weighted by molar-refractivity contribution is -0.161. The Morgan fingerprint density at radius 2 is 1.24 bits per heavy atom.